The summed E-state index contributed by atoms with van der Waals surface area (Å²) in [5.74, 6) is 3.16. The van der Waals surface area contributed by atoms with Crippen molar-refractivity contribution in [2.75, 3.05) is 0 Å². The van der Waals surface area contributed by atoms with Crippen molar-refractivity contribution >= 4 is 0 Å². The quantitative estimate of drug-likeness (QED) is 0.429. The predicted molar refractivity (Wildman–Crippen MR) is 132 cm³/mol. The van der Waals surface area contributed by atoms with Crippen LogP contribution in [0.5, 0.6) is 0 Å². The van der Waals surface area contributed by atoms with Crippen LogP contribution < -0.4 is 0 Å². The molecule has 0 spiro atoms. The molecule has 32 heavy (non-hydrogen) atoms. The molecular weight excluding hydrogens is 392 g/mol. The van der Waals surface area contributed by atoms with Gasteiger partial charge in [-0.05, 0) is 121 Å². The number of aliphatic hydroxyl groups excluding tert-OH is 2. The molecule has 0 unspecified atom stereocenters. The Morgan fingerprint density at radius 2 is 1.38 bits per heavy atom. The Kier molecular flexibility index (Phi) is 5.02. The van der Waals surface area contributed by atoms with Gasteiger partial charge in [-0.2, -0.15) is 0 Å². The van der Waals surface area contributed by atoms with Crippen molar-refractivity contribution in [3.05, 3.63) is 12.2 Å². The highest BCUT2D eigenvalue weighted by Crippen LogP contribution is 2.77. The highest BCUT2D eigenvalue weighted by molar-refractivity contribution is 5.22. The van der Waals surface area contributed by atoms with Gasteiger partial charge in [0.2, 0.25) is 0 Å². The summed E-state index contributed by atoms with van der Waals surface area (Å²) in [5, 5.41) is 22.6. The van der Waals surface area contributed by atoms with E-state index in [1.165, 1.54) is 44.1 Å². The van der Waals surface area contributed by atoms with E-state index in [0.717, 1.165) is 19.3 Å². The van der Waals surface area contributed by atoms with Gasteiger partial charge in [0, 0.05) is 0 Å². The zero-order chi connectivity index (χ0) is 23.5. The monoisotopic (exact) mass is 442 g/mol. The maximum absolute atomic E-state index is 11.7. The Morgan fingerprint density at radius 1 is 0.719 bits per heavy atom. The summed E-state index contributed by atoms with van der Waals surface area (Å²) in [6.07, 6.45) is 10.3. The van der Waals surface area contributed by atoms with E-state index >= 15 is 0 Å². The lowest BCUT2D eigenvalue weighted by atomic mass is 9.32. The van der Waals surface area contributed by atoms with Crippen molar-refractivity contribution in [2.45, 2.75) is 118 Å². The van der Waals surface area contributed by atoms with Crippen LogP contribution in [0.15, 0.2) is 12.2 Å². The summed E-state index contributed by atoms with van der Waals surface area (Å²) in [6, 6.07) is 0. The van der Waals surface area contributed by atoms with Crippen LogP contribution in [0.25, 0.3) is 0 Å². The van der Waals surface area contributed by atoms with Gasteiger partial charge in [0.05, 0.1) is 12.2 Å². The van der Waals surface area contributed by atoms with Crippen molar-refractivity contribution in [3.63, 3.8) is 0 Å². The number of hydrogen-bond acceptors (Lipinski definition) is 2. The summed E-state index contributed by atoms with van der Waals surface area (Å²) < 4.78 is 0. The Morgan fingerprint density at radius 3 is 2.03 bits per heavy atom. The summed E-state index contributed by atoms with van der Waals surface area (Å²) in [5.41, 5.74) is 2.18. The lowest BCUT2D eigenvalue weighted by molar-refractivity contribution is -0.261. The molecule has 0 aromatic heterocycles. The Balaban J connectivity index is 1.57. The zero-order valence-corrected chi connectivity index (χ0v) is 22.0. The lowest BCUT2D eigenvalue weighted by Crippen LogP contribution is -2.68. The smallest absolute Gasteiger partial charge is 0.0602 e. The molecule has 0 saturated heterocycles. The third-order valence-corrected chi connectivity index (χ3v) is 13.6. The molecule has 11 atom stereocenters. The molecule has 2 heteroatoms. The van der Waals surface area contributed by atoms with Crippen molar-refractivity contribution in [1.82, 2.24) is 0 Å². The predicted octanol–water partition coefficient (Wildman–Crippen LogP) is 7.00. The van der Waals surface area contributed by atoms with Crippen molar-refractivity contribution in [2.24, 2.45) is 56.7 Å². The molecule has 2 N–H and O–H groups in total. The van der Waals surface area contributed by atoms with E-state index in [1.807, 2.05) is 0 Å². The zero-order valence-electron chi connectivity index (χ0n) is 22.0. The van der Waals surface area contributed by atoms with E-state index in [0.29, 0.717) is 35.0 Å². The van der Waals surface area contributed by atoms with Crippen molar-refractivity contribution in [1.29, 1.82) is 0 Å². The first kappa shape index (κ1) is 23.4. The fraction of sp³-hybridized carbons (Fsp3) is 0.933. The molecule has 0 aliphatic heterocycles. The first-order chi connectivity index (χ1) is 14.7. The van der Waals surface area contributed by atoms with Crippen LogP contribution >= 0.6 is 0 Å². The van der Waals surface area contributed by atoms with Crippen LogP contribution in [0.1, 0.15) is 106 Å². The molecule has 0 amide bonds. The molecule has 5 fully saturated rings. The van der Waals surface area contributed by atoms with Crippen LogP contribution in [0, 0.1) is 56.7 Å². The van der Waals surface area contributed by atoms with Gasteiger partial charge in [-0.25, -0.2) is 0 Å². The van der Waals surface area contributed by atoms with E-state index in [9.17, 15) is 10.2 Å². The van der Waals surface area contributed by atoms with Crippen molar-refractivity contribution < 1.29 is 10.2 Å². The van der Waals surface area contributed by atoms with E-state index in [-0.39, 0.29) is 33.9 Å². The standard InChI is InChI=1S/C30H50O2/c1-18(2)19-11-14-28(6)24(32)17-30(8)20(25(19)28)9-10-22-27(5)15-13-23(31)26(3,4)21(27)12-16-29(22,30)7/h19-25,31-32H,1,9-17H2,2-8H3/t19-,20+,21+,22+,23+,24+,25+,27-,28+,29+,30+/m1/s1. The fourth-order valence-electron chi connectivity index (χ4n) is 11.5. The summed E-state index contributed by atoms with van der Waals surface area (Å²) in [6.45, 7) is 21.5. The second kappa shape index (κ2) is 6.87. The highest BCUT2D eigenvalue weighted by Gasteiger charge is 2.71. The highest BCUT2D eigenvalue weighted by atomic mass is 16.3. The lowest BCUT2D eigenvalue weighted by Gasteiger charge is -2.73. The summed E-state index contributed by atoms with van der Waals surface area (Å²) in [7, 11) is 0. The molecule has 0 aromatic carbocycles. The van der Waals surface area contributed by atoms with Crippen LogP contribution in [-0.4, -0.2) is 22.4 Å². The SMILES string of the molecule is C=C(C)[C@H]1CC[C@]2(C)[C@@H]1[C@@H]1CC[C@H]3[C@]4(C)CC[C@H](O)C(C)(C)[C@@H]4CC[C@]3(C)[C@@]1(C)C[C@@H]2O. The largest absolute Gasteiger partial charge is 0.393 e. The summed E-state index contributed by atoms with van der Waals surface area (Å²) >= 11 is 0. The van der Waals surface area contributed by atoms with Gasteiger partial charge in [0.25, 0.3) is 0 Å². The molecule has 0 heterocycles. The summed E-state index contributed by atoms with van der Waals surface area (Å²) in [4.78, 5) is 0. The molecule has 2 nitrogen and oxygen atoms in total. The average molecular weight is 443 g/mol. The van der Waals surface area contributed by atoms with Gasteiger partial charge in [-0.3, -0.25) is 0 Å². The molecule has 182 valence electrons. The second-order valence-corrected chi connectivity index (χ2v) is 14.8. The van der Waals surface area contributed by atoms with Crippen molar-refractivity contribution in [3.8, 4) is 0 Å². The Hall–Kier alpha value is -0.340. The number of allylic oxidation sites excluding steroid dienone is 1. The minimum absolute atomic E-state index is 0.00718. The number of hydrogen-bond donors (Lipinski definition) is 2. The second-order valence-electron chi connectivity index (χ2n) is 14.8. The number of aliphatic hydroxyl groups is 2. The Bertz CT molecular complexity index is 801. The Labute approximate surface area is 197 Å². The third-order valence-electron chi connectivity index (χ3n) is 13.6. The molecule has 0 bridgehead atoms. The van der Waals surface area contributed by atoms with E-state index in [2.05, 4.69) is 55.0 Å². The number of rotatable bonds is 1. The van der Waals surface area contributed by atoms with Gasteiger partial charge >= 0.3 is 0 Å². The van der Waals surface area contributed by atoms with Crippen LogP contribution in [0.2, 0.25) is 0 Å². The van der Waals surface area contributed by atoms with Crippen LogP contribution in [0.4, 0.5) is 0 Å². The molecule has 5 aliphatic rings. The minimum atomic E-state index is -0.191. The molecule has 5 saturated carbocycles. The van der Waals surface area contributed by atoms with E-state index in [4.69, 9.17) is 0 Å². The molecule has 0 radical (unpaired) electrons. The number of fused-ring (bicyclic) bond motifs is 7. The van der Waals surface area contributed by atoms with E-state index < -0.39 is 0 Å². The van der Waals surface area contributed by atoms with Crippen LogP contribution in [0.3, 0.4) is 0 Å². The third kappa shape index (κ3) is 2.61. The molecule has 5 rings (SSSR count). The normalized spacial score (nSPS) is 58.8. The topological polar surface area (TPSA) is 40.5 Å². The van der Waals surface area contributed by atoms with Gasteiger partial charge in [-0.15, -0.1) is 0 Å². The molecular formula is C30H50O2. The fourth-order valence-corrected chi connectivity index (χ4v) is 11.5. The van der Waals surface area contributed by atoms with Gasteiger partial charge in [-0.1, -0.05) is 53.7 Å². The van der Waals surface area contributed by atoms with Gasteiger partial charge < -0.3 is 10.2 Å². The first-order valence-corrected chi connectivity index (χ1v) is 13.7. The average Bonchev–Trinajstić information content (AvgIpc) is 3.05. The molecule has 0 aromatic rings. The van der Waals surface area contributed by atoms with Gasteiger partial charge in [0.15, 0.2) is 0 Å². The van der Waals surface area contributed by atoms with Gasteiger partial charge in [0.1, 0.15) is 0 Å². The molecule has 5 aliphatic carbocycles. The first-order valence-electron chi connectivity index (χ1n) is 13.7. The maximum atomic E-state index is 11.7. The van der Waals surface area contributed by atoms with Crippen LogP contribution in [-0.2, 0) is 0 Å². The maximum Gasteiger partial charge on any atom is 0.0602 e. The minimum Gasteiger partial charge on any atom is -0.393 e. The van der Waals surface area contributed by atoms with E-state index in [1.54, 1.807) is 0 Å².